The minimum atomic E-state index is -4.08. The van der Waals surface area contributed by atoms with Gasteiger partial charge in [-0.15, -0.1) is 0 Å². The van der Waals surface area contributed by atoms with Crippen molar-refractivity contribution in [1.29, 1.82) is 0 Å². The molecule has 0 spiro atoms. The van der Waals surface area contributed by atoms with E-state index in [1.54, 1.807) is 0 Å². The first-order valence-corrected chi connectivity index (χ1v) is 9.05. The molecule has 1 saturated heterocycles. The molecule has 0 radical (unpaired) electrons. The number of ether oxygens (including phenoxy) is 2. The molecule has 2 rings (SSSR count). The predicted molar refractivity (Wildman–Crippen MR) is 74.9 cm³/mol. The van der Waals surface area contributed by atoms with Gasteiger partial charge in [-0.2, -0.15) is 5.10 Å². The maximum Gasteiger partial charge on any atom is 0.360 e. The van der Waals surface area contributed by atoms with Crippen molar-refractivity contribution in [3.05, 3.63) is 11.4 Å². The van der Waals surface area contributed by atoms with E-state index in [2.05, 4.69) is 10.2 Å². The second-order valence-electron chi connectivity index (χ2n) is 4.80. The summed E-state index contributed by atoms with van der Waals surface area (Å²) in [5.41, 5.74) is 0.0167. The van der Waals surface area contributed by atoms with Crippen LogP contribution in [0.1, 0.15) is 42.4 Å². The zero-order valence-electron chi connectivity index (χ0n) is 11.6. The van der Waals surface area contributed by atoms with Gasteiger partial charge in [0.2, 0.25) is 0 Å². The fraction of sp³-hybridized carbons (Fsp3) is 0.667. The summed E-state index contributed by atoms with van der Waals surface area (Å²) < 4.78 is 33.7. The standard InChI is InChI=1S/C12H17ClN2O5S/c1-2-4-9-11(21(13,17)18)10(15-14-9)12(16)20-7-8-5-3-6-19-8/h8H,2-7H2,1H3,(H,14,15). The van der Waals surface area contributed by atoms with Gasteiger partial charge in [-0.05, 0) is 19.3 Å². The summed E-state index contributed by atoms with van der Waals surface area (Å²) in [6, 6.07) is 0. The topological polar surface area (TPSA) is 98.3 Å². The Hall–Kier alpha value is -1.12. The van der Waals surface area contributed by atoms with Crippen LogP contribution in [0.3, 0.4) is 0 Å². The molecule has 2 heterocycles. The van der Waals surface area contributed by atoms with E-state index in [0.717, 1.165) is 12.8 Å². The number of aromatic nitrogens is 2. The van der Waals surface area contributed by atoms with Gasteiger partial charge < -0.3 is 9.47 Å². The first-order valence-electron chi connectivity index (χ1n) is 6.74. The maximum atomic E-state index is 12.0. The summed E-state index contributed by atoms with van der Waals surface area (Å²) in [5, 5.41) is 6.29. The van der Waals surface area contributed by atoms with Crippen molar-refractivity contribution >= 4 is 25.7 Å². The molecule has 0 bridgehead atoms. The summed E-state index contributed by atoms with van der Waals surface area (Å²) in [6.45, 7) is 2.60. The number of esters is 1. The Kier molecular flexibility index (Phi) is 5.23. The molecule has 118 valence electrons. The number of aromatic amines is 1. The Morgan fingerprint density at radius 1 is 1.57 bits per heavy atom. The van der Waals surface area contributed by atoms with Crippen molar-refractivity contribution in [3.8, 4) is 0 Å². The Labute approximate surface area is 127 Å². The van der Waals surface area contributed by atoms with Gasteiger partial charge in [0.25, 0.3) is 9.05 Å². The lowest BCUT2D eigenvalue weighted by Crippen LogP contribution is -2.19. The number of rotatable bonds is 6. The van der Waals surface area contributed by atoms with Gasteiger partial charge in [-0.1, -0.05) is 13.3 Å². The van der Waals surface area contributed by atoms with Gasteiger partial charge in [-0.3, -0.25) is 5.10 Å². The van der Waals surface area contributed by atoms with E-state index < -0.39 is 15.0 Å². The van der Waals surface area contributed by atoms with Crippen LogP contribution in [-0.2, 0) is 24.9 Å². The smallest absolute Gasteiger partial charge is 0.360 e. The van der Waals surface area contributed by atoms with Crippen LogP contribution >= 0.6 is 10.7 Å². The molecule has 1 atom stereocenters. The van der Waals surface area contributed by atoms with Crippen molar-refractivity contribution in [1.82, 2.24) is 10.2 Å². The van der Waals surface area contributed by atoms with Crippen molar-refractivity contribution in [2.45, 2.75) is 43.6 Å². The van der Waals surface area contributed by atoms with Gasteiger partial charge >= 0.3 is 5.97 Å². The third-order valence-corrected chi connectivity index (χ3v) is 4.54. The van der Waals surface area contributed by atoms with Crippen LogP contribution in [0.5, 0.6) is 0 Å². The number of carbonyl (C=O) groups excluding carboxylic acids is 1. The molecule has 1 aromatic rings. The minimum Gasteiger partial charge on any atom is -0.458 e. The molecule has 21 heavy (non-hydrogen) atoms. The lowest BCUT2D eigenvalue weighted by molar-refractivity contribution is 0.0153. The number of hydrogen-bond acceptors (Lipinski definition) is 6. The van der Waals surface area contributed by atoms with Crippen LogP contribution in [0.2, 0.25) is 0 Å². The molecule has 1 aliphatic heterocycles. The van der Waals surface area contributed by atoms with Crippen molar-refractivity contribution in [3.63, 3.8) is 0 Å². The largest absolute Gasteiger partial charge is 0.458 e. The maximum absolute atomic E-state index is 12.0. The summed E-state index contributed by atoms with van der Waals surface area (Å²) in [6.07, 6.45) is 2.71. The van der Waals surface area contributed by atoms with Crippen molar-refractivity contribution in [2.24, 2.45) is 0 Å². The fourth-order valence-corrected chi connectivity index (χ4v) is 3.50. The third kappa shape index (κ3) is 3.96. The van der Waals surface area contributed by atoms with E-state index >= 15 is 0 Å². The molecule has 1 unspecified atom stereocenters. The molecular formula is C12H17ClN2O5S. The molecule has 1 aromatic heterocycles. The fourth-order valence-electron chi connectivity index (χ4n) is 2.20. The molecule has 0 aliphatic carbocycles. The Morgan fingerprint density at radius 2 is 2.33 bits per heavy atom. The van der Waals surface area contributed by atoms with E-state index in [0.29, 0.717) is 25.1 Å². The number of nitrogens with zero attached hydrogens (tertiary/aromatic N) is 1. The van der Waals surface area contributed by atoms with Crippen LogP contribution in [-0.4, -0.2) is 43.9 Å². The SMILES string of the molecule is CCCc1[nH]nc(C(=O)OCC2CCCO2)c1S(=O)(=O)Cl. The molecule has 0 aromatic carbocycles. The Morgan fingerprint density at radius 3 is 2.90 bits per heavy atom. The number of aryl methyl sites for hydroxylation is 1. The predicted octanol–water partition coefficient (Wildman–Crippen LogP) is 1.63. The van der Waals surface area contributed by atoms with Crippen LogP contribution in [0.4, 0.5) is 0 Å². The highest BCUT2D eigenvalue weighted by atomic mass is 35.7. The summed E-state index contributed by atoms with van der Waals surface area (Å²) in [5.74, 6) is -0.816. The normalized spacial score (nSPS) is 18.9. The zero-order valence-corrected chi connectivity index (χ0v) is 13.2. The van der Waals surface area contributed by atoms with E-state index in [-0.39, 0.29) is 23.3 Å². The van der Waals surface area contributed by atoms with Crippen LogP contribution in [0.15, 0.2) is 4.90 Å². The van der Waals surface area contributed by atoms with Gasteiger partial charge in [0.05, 0.1) is 11.8 Å². The highest BCUT2D eigenvalue weighted by Gasteiger charge is 2.30. The number of H-pyrrole nitrogens is 1. The second kappa shape index (κ2) is 6.76. The lowest BCUT2D eigenvalue weighted by atomic mass is 10.2. The molecule has 0 saturated carbocycles. The Balaban J connectivity index is 2.16. The molecular weight excluding hydrogens is 320 g/mol. The number of nitrogens with one attached hydrogen (secondary N) is 1. The van der Waals surface area contributed by atoms with Gasteiger partial charge in [0, 0.05) is 17.3 Å². The molecule has 1 aliphatic rings. The highest BCUT2D eigenvalue weighted by molar-refractivity contribution is 8.13. The van der Waals surface area contributed by atoms with E-state index in [9.17, 15) is 13.2 Å². The average molecular weight is 337 g/mol. The molecule has 1 N–H and O–H groups in total. The van der Waals surface area contributed by atoms with E-state index in [1.807, 2.05) is 6.92 Å². The highest BCUT2D eigenvalue weighted by Crippen LogP contribution is 2.24. The van der Waals surface area contributed by atoms with Crippen molar-refractivity contribution < 1.29 is 22.7 Å². The van der Waals surface area contributed by atoms with Gasteiger partial charge in [-0.25, -0.2) is 13.2 Å². The number of carbonyl (C=O) groups is 1. The van der Waals surface area contributed by atoms with Gasteiger partial charge in [0.15, 0.2) is 5.69 Å². The zero-order chi connectivity index (χ0) is 15.5. The molecule has 0 amide bonds. The Bertz CT molecular complexity index is 607. The third-order valence-electron chi connectivity index (χ3n) is 3.15. The average Bonchev–Trinajstić information content (AvgIpc) is 3.04. The quantitative estimate of drug-likeness (QED) is 0.626. The summed E-state index contributed by atoms with van der Waals surface area (Å²) in [7, 11) is 1.32. The van der Waals surface area contributed by atoms with Gasteiger partial charge in [0.1, 0.15) is 11.5 Å². The minimum absolute atomic E-state index is 0.0799. The summed E-state index contributed by atoms with van der Waals surface area (Å²) >= 11 is 0. The number of hydrogen-bond donors (Lipinski definition) is 1. The first-order chi connectivity index (χ1) is 9.93. The summed E-state index contributed by atoms with van der Waals surface area (Å²) in [4.78, 5) is 11.7. The molecule has 7 nitrogen and oxygen atoms in total. The van der Waals surface area contributed by atoms with Crippen molar-refractivity contribution in [2.75, 3.05) is 13.2 Å². The second-order valence-corrected chi connectivity index (χ2v) is 7.30. The molecule has 9 heteroatoms. The van der Waals surface area contributed by atoms with E-state index in [1.165, 1.54) is 0 Å². The number of halogens is 1. The first kappa shape index (κ1) is 16.3. The molecule has 1 fully saturated rings. The van der Waals surface area contributed by atoms with Crippen LogP contribution < -0.4 is 0 Å². The van der Waals surface area contributed by atoms with Crippen LogP contribution in [0.25, 0.3) is 0 Å². The monoisotopic (exact) mass is 336 g/mol. The lowest BCUT2D eigenvalue weighted by Gasteiger charge is -2.09. The van der Waals surface area contributed by atoms with Crippen LogP contribution in [0, 0.1) is 0 Å². The van der Waals surface area contributed by atoms with E-state index in [4.69, 9.17) is 20.2 Å².